The van der Waals surface area contributed by atoms with Crippen LogP contribution in [-0.4, -0.2) is 77.0 Å². The summed E-state index contributed by atoms with van der Waals surface area (Å²) in [6, 6.07) is 7.29. The molecule has 0 aliphatic heterocycles. The highest BCUT2D eigenvalue weighted by atomic mass is 32.1. The molecule has 7 N–H and O–H groups in total. The van der Waals surface area contributed by atoms with Gasteiger partial charge in [-0.2, -0.15) is 4.99 Å². The molecule has 0 saturated carbocycles. The summed E-state index contributed by atoms with van der Waals surface area (Å²) in [7, 11) is 3.30. The highest BCUT2D eigenvalue weighted by Gasteiger charge is 2.19. The number of carboxylic acid groups (broad SMARTS) is 2. The van der Waals surface area contributed by atoms with Crippen LogP contribution in [0.25, 0.3) is 0 Å². The maximum absolute atomic E-state index is 12.7. The van der Waals surface area contributed by atoms with Crippen LogP contribution >= 0.6 is 11.3 Å². The van der Waals surface area contributed by atoms with Gasteiger partial charge in [0.1, 0.15) is 4.88 Å². The standard InChI is InChI=1S/C21H26N6O5S.CH3NO2/c1-13(28)25-20-26-16(18(33-20)19(30)22-11-10-17(29)27(2)3)9-6-14-4-7-15(8-5-14)23-12-24-21(31)32;2-1(3)4/h4-5,7-8,12H,6,9-11H2,1-3H3,(H,22,30)(H,23,24)(H,31,32)(H,25,26,28);2H2,(H,3,4). The van der Waals surface area contributed by atoms with Crippen molar-refractivity contribution in [2.45, 2.75) is 26.2 Å². The molecule has 0 aliphatic carbocycles. The molecule has 200 valence electrons. The third-order valence-electron chi connectivity index (χ3n) is 4.32. The highest BCUT2D eigenvalue weighted by Crippen LogP contribution is 2.25. The van der Waals surface area contributed by atoms with E-state index in [4.69, 9.17) is 15.0 Å². The van der Waals surface area contributed by atoms with Crippen LogP contribution in [-0.2, 0) is 22.4 Å². The Morgan fingerprint density at radius 1 is 1.11 bits per heavy atom. The van der Waals surface area contributed by atoms with Crippen molar-refractivity contribution in [1.29, 1.82) is 0 Å². The van der Waals surface area contributed by atoms with Crippen LogP contribution in [0.4, 0.5) is 20.4 Å². The predicted molar refractivity (Wildman–Crippen MR) is 138 cm³/mol. The van der Waals surface area contributed by atoms with Crippen LogP contribution in [0.3, 0.4) is 0 Å². The highest BCUT2D eigenvalue weighted by molar-refractivity contribution is 7.17. The lowest BCUT2D eigenvalue weighted by molar-refractivity contribution is -0.128. The Morgan fingerprint density at radius 2 is 1.73 bits per heavy atom. The van der Waals surface area contributed by atoms with Gasteiger partial charge in [-0.3, -0.25) is 14.4 Å². The molecule has 0 atom stereocenters. The van der Waals surface area contributed by atoms with Gasteiger partial charge in [-0.05, 0) is 30.5 Å². The number of carbonyl (C=O) groups is 5. The van der Waals surface area contributed by atoms with Crippen molar-refractivity contribution in [1.82, 2.24) is 15.2 Å². The summed E-state index contributed by atoms with van der Waals surface area (Å²) in [5.74, 6) is -0.720. The lowest BCUT2D eigenvalue weighted by atomic mass is 10.1. The number of benzene rings is 1. The first kappa shape index (κ1) is 30.5. The molecule has 2 rings (SSSR count). The predicted octanol–water partition coefficient (Wildman–Crippen LogP) is 1.84. The molecule has 1 aromatic carbocycles. The number of rotatable bonds is 10. The van der Waals surface area contributed by atoms with E-state index >= 15 is 0 Å². The molecule has 0 radical (unpaired) electrons. The molecule has 0 aliphatic rings. The minimum absolute atomic E-state index is 0.0917. The van der Waals surface area contributed by atoms with E-state index in [1.807, 2.05) is 12.1 Å². The fraction of sp³-hybridized carbons (Fsp3) is 0.318. The van der Waals surface area contributed by atoms with Crippen LogP contribution in [0.1, 0.15) is 34.3 Å². The Hall–Kier alpha value is -4.53. The smallest absolute Gasteiger partial charge is 0.432 e. The average Bonchev–Trinajstić information content (AvgIpc) is 3.19. The molecule has 14 nitrogen and oxygen atoms in total. The zero-order chi connectivity index (χ0) is 28.0. The summed E-state index contributed by atoms with van der Waals surface area (Å²) in [5.41, 5.74) is 6.24. The van der Waals surface area contributed by atoms with Crippen molar-refractivity contribution in [3.05, 3.63) is 40.4 Å². The minimum Gasteiger partial charge on any atom is -0.465 e. The number of nitrogens with two attached hydrogens (primary N) is 1. The van der Waals surface area contributed by atoms with Crippen LogP contribution in [0.2, 0.25) is 0 Å². The van der Waals surface area contributed by atoms with Crippen molar-refractivity contribution in [2.75, 3.05) is 31.3 Å². The normalized spacial score (nSPS) is 10.1. The molecule has 0 fully saturated rings. The van der Waals surface area contributed by atoms with Gasteiger partial charge in [0, 0.05) is 39.7 Å². The van der Waals surface area contributed by atoms with Gasteiger partial charge in [0.05, 0.1) is 12.0 Å². The van der Waals surface area contributed by atoms with Gasteiger partial charge in [-0.15, -0.1) is 0 Å². The van der Waals surface area contributed by atoms with E-state index < -0.39 is 12.2 Å². The quantitative estimate of drug-likeness (QED) is 0.193. The summed E-state index contributed by atoms with van der Waals surface area (Å²) < 4.78 is 0. The number of primary amides is 1. The summed E-state index contributed by atoms with van der Waals surface area (Å²) in [4.78, 5) is 64.4. The second-order valence-corrected chi connectivity index (χ2v) is 8.49. The topological polar surface area (TPSA) is 216 Å². The van der Waals surface area contributed by atoms with Gasteiger partial charge in [-0.25, -0.2) is 14.6 Å². The third-order valence-corrected chi connectivity index (χ3v) is 5.33. The number of aryl methyl sites for hydroxylation is 2. The Balaban J connectivity index is 0.00000159. The number of amides is 5. The monoisotopic (exact) mass is 535 g/mol. The molecule has 0 spiro atoms. The van der Waals surface area contributed by atoms with Crippen molar-refractivity contribution >= 4 is 58.4 Å². The SMILES string of the molecule is CC(=O)Nc1nc(CCc2ccc(NC=NC(=O)O)cc2)c(C(=O)NCCC(=O)N(C)C)s1.NC(=O)O. The maximum Gasteiger partial charge on any atom is 0.432 e. The summed E-state index contributed by atoms with van der Waals surface area (Å²) >= 11 is 1.09. The number of hydrogen-bond donors (Lipinski definition) is 6. The summed E-state index contributed by atoms with van der Waals surface area (Å²) in [6.07, 6.45) is -0.296. The van der Waals surface area contributed by atoms with Gasteiger partial charge in [0.15, 0.2) is 5.13 Å². The Labute approximate surface area is 216 Å². The van der Waals surface area contributed by atoms with Crippen molar-refractivity contribution in [2.24, 2.45) is 10.7 Å². The zero-order valence-corrected chi connectivity index (χ0v) is 21.3. The number of nitrogens with one attached hydrogen (secondary N) is 3. The molecule has 1 aromatic heterocycles. The van der Waals surface area contributed by atoms with E-state index in [-0.39, 0.29) is 30.7 Å². The molecule has 0 saturated heterocycles. The number of thiazole rings is 1. The second kappa shape index (κ2) is 15.5. The van der Waals surface area contributed by atoms with E-state index in [1.54, 1.807) is 26.2 Å². The zero-order valence-electron chi connectivity index (χ0n) is 20.5. The van der Waals surface area contributed by atoms with E-state index in [9.17, 15) is 19.2 Å². The van der Waals surface area contributed by atoms with Gasteiger partial charge in [0.2, 0.25) is 11.8 Å². The van der Waals surface area contributed by atoms with Gasteiger partial charge in [0.25, 0.3) is 5.91 Å². The van der Waals surface area contributed by atoms with E-state index in [0.717, 1.165) is 23.2 Å². The van der Waals surface area contributed by atoms with Crippen LogP contribution in [0.15, 0.2) is 29.3 Å². The fourth-order valence-corrected chi connectivity index (χ4v) is 3.66. The molecule has 37 heavy (non-hydrogen) atoms. The van der Waals surface area contributed by atoms with Crippen LogP contribution < -0.4 is 21.7 Å². The molecule has 0 unspecified atom stereocenters. The minimum atomic E-state index is -1.33. The first-order valence-electron chi connectivity index (χ1n) is 10.7. The number of hydrogen-bond acceptors (Lipinski definition) is 7. The lowest BCUT2D eigenvalue weighted by Crippen LogP contribution is -2.30. The number of carbonyl (C=O) groups excluding carboxylic acids is 3. The van der Waals surface area contributed by atoms with E-state index in [0.29, 0.717) is 34.2 Å². The molecular formula is C22H29N7O7S. The molecule has 1 heterocycles. The van der Waals surface area contributed by atoms with Gasteiger partial charge >= 0.3 is 12.2 Å². The number of aromatic nitrogens is 1. The van der Waals surface area contributed by atoms with Crippen LogP contribution in [0.5, 0.6) is 0 Å². The summed E-state index contributed by atoms with van der Waals surface area (Å²) in [6.45, 7) is 1.56. The second-order valence-electron chi connectivity index (χ2n) is 7.49. The maximum atomic E-state index is 12.7. The lowest BCUT2D eigenvalue weighted by Gasteiger charge is -2.10. The van der Waals surface area contributed by atoms with Crippen molar-refractivity contribution < 1.29 is 34.2 Å². The first-order chi connectivity index (χ1) is 17.4. The third kappa shape index (κ3) is 12.7. The average molecular weight is 536 g/mol. The van der Waals surface area contributed by atoms with Gasteiger partial charge in [-0.1, -0.05) is 23.5 Å². The van der Waals surface area contributed by atoms with E-state index in [1.165, 1.54) is 11.8 Å². The fourth-order valence-electron chi connectivity index (χ4n) is 2.68. The Kier molecular flexibility index (Phi) is 12.7. The molecule has 15 heteroatoms. The first-order valence-corrected chi connectivity index (χ1v) is 11.6. The van der Waals surface area contributed by atoms with Crippen molar-refractivity contribution in [3.63, 3.8) is 0 Å². The molecule has 0 bridgehead atoms. The number of aliphatic imine (C=N–C) groups is 1. The molecular weight excluding hydrogens is 506 g/mol. The molecule has 2 aromatic rings. The molecule has 5 amide bonds. The largest absolute Gasteiger partial charge is 0.465 e. The van der Waals surface area contributed by atoms with E-state index in [2.05, 4.69) is 31.7 Å². The van der Waals surface area contributed by atoms with Gasteiger partial charge < -0.3 is 36.8 Å². The van der Waals surface area contributed by atoms with Crippen molar-refractivity contribution in [3.8, 4) is 0 Å². The number of anilines is 2. The summed E-state index contributed by atoms with van der Waals surface area (Å²) in [5, 5.41) is 24.1. The van der Waals surface area contributed by atoms with Crippen LogP contribution in [0, 0.1) is 0 Å². The number of nitrogens with zero attached hydrogens (tertiary/aromatic N) is 3. The Morgan fingerprint density at radius 3 is 2.27 bits per heavy atom. The Bertz CT molecular complexity index is 1130.